The summed E-state index contributed by atoms with van der Waals surface area (Å²) in [7, 11) is 0. The maximum atomic E-state index is 11.8. The molecule has 2 rings (SSSR count). The molecule has 0 atom stereocenters. The summed E-state index contributed by atoms with van der Waals surface area (Å²) in [6.07, 6.45) is 1.93. The number of carbonyl (C=O) groups is 2. The minimum Gasteiger partial charge on any atom is -0.476 e. The van der Waals surface area contributed by atoms with Crippen molar-refractivity contribution in [3.05, 3.63) is 45.1 Å². The van der Waals surface area contributed by atoms with Crippen molar-refractivity contribution in [3.8, 4) is 0 Å². The first-order valence-electron chi connectivity index (χ1n) is 5.63. The number of hydrogen-bond acceptors (Lipinski definition) is 5. The van der Waals surface area contributed by atoms with E-state index in [9.17, 15) is 9.59 Å². The van der Waals surface area contributed by atoms with Gasteiger partial charge in [0.15, 0.2) is 5.69 Å². The number of rotatable bonds is 5. The second kappa shape index (κ2) is 6.44. The summed E-state index contributed by atoms with van der Waals surface area (Å²) in [5, 5.41) is 13.8. The summed E-state index contributed by atoms with van der Waals surface area (Å²) in [4.78, 5) is 30.2. The fraction of sp³-hybridized carbons (Fsp3) is 0.167. The number of aromatic nitrogens is 2. The highest BCUT2D eigenvalue weighted by Crippen LogP contribution is 2.10. The Labute approximate surface area is 123 Å². The maximum absolute atomic E-state index is 11.8. The average Bonchev–Trinajstić information content (AvgIpc) is 2.87. The molecule has 0 aliphatic carbocycles. The lowest BCUT2D eigenvalue weighted by molar-refractivity contribution is 0.0690. The van der Waals surface area contributed by atoms with Gasteiger partial charge in [0.05, 0.1) is 5.01 Å². The number of pyridine rings is 1. The third-order valence-electron chi connectivity index (χ3n) is 2.38. The third-order valence-corrected chi connectivity index (χ3v) is 3.50. The lowest BCUT2D eigenvalue weighted by atomic mass is 10.2. The molecule has 1 amide bonds. The van der Waals surface area contributed by atoms with Crippen molar-refractivity contribution in [1.82, 2.24) is 15.3 Å². The van der Waals surface area contributed by atoms with Crippen LogP contribution in [0, 0.1) is 0 Å². The number of aromatic carboxylic acids is 1. The fourth-order valence-electron chi connectivity index (χ4n) is 1.45. The number of carboxylic acids is 1. The molecule has 0 unspecified atom stereocenters. The van der Waals surface area contributed by atoms with Crippen LogP contribution in [-0.2, 0) is 6.42 Å². The highest BCUT2D eigenvalue weighted by molar-refractivity contribution is 7.09. The van der Waals surface area contributed by atoms with E-state index in [1.54, 1.807) is 6.07 Å². The summed E-state index contributed by atoms with van der Waals surface area (Å²) in [6, 6.07) is 3.04. The Morgan fingerprint density at radius 2 is 2.25 bits per heavy atom. The molecule has 2 aromatic heterocycles. The van der Waals surface area contributed by atoms with Gasteiger partial charge < -0.3 is 10.4 Å². The predicted octanol–water partition coefficient (Wildman–Crippen LogP) is 1.86. The molecule has 0 radical (unpaired) electrons. The van der Waals surface area contributed by atoms with Crippen LogP contribution in [0.3, 0.4) is 0 Å². The minimum absolute atomic E-state index is 0.0252. The zero-order valence-corrected chi connectivity index (χ0v) is 11.7. The van der Waals surface area contributed by atoms with Gasteiger partial charge in [0.1, 0.15) is 5.15 Å². The zero-order valence-electron chi connectivity index (χ0n) is 10.2. The molecule has 2 aromatic rings. The Kier molecular flexibility index (Phi) is 4.65. The molecule has 0 saturated heterocycles. The normalized spacial score (nSPS) is 10.2. The van der Waals surface area contributed by atoms with Crippen molar-refractivity contribution in [2.45, 2.75) is 6.42 Å². The Morgan fingerprint density at radius 1 is 1.45 bits per heavy atom. The number of nitrogens with one attached hydrogen (secondary N) is 1. The standard InChI is InChI=1S/C12H10ClN3O3S/c13-9-5-7(1-3-14-9)11(17)15-4-2-10-16-8(6-20-10)12(18)19/h1,3,5-6H,2,4H2,(H,15,17)(H,18,19). The van der Waals surface area contributed by atoms with Crippen LogP contribution in [0.2, 0.25) is 5.15 Å². The molecule has 6 nitrogen and oxygen atoms in total. The van der Waals surface area contributed by atoms with Crippen molar-refractivity contribution in [1.29, 1.82) is 0 Å². The third kappa shape index (κ3) is 3.75. The monoisotopic (exact) mass is 311 g/mol. The molecule has 2 N–H and O–H groups in total. The van der Waals surface area contributed by atoms with Crippen molar-refractivity contribution >= 4 is 34.8 Å². The SMILES string of the molecule is O=C(NCCc1nc(C(=O)O)cs1)c1ccnc(Cl)c1. The lowest BCUT2D eigenvalue weighted by Crippen LogP contribution is -2.25. The Hall–Kier alpha value is -1.99. The topological polar surface area (TPSA) is 92.2 Å². The van der Waals surface area contributed by atoms with Crippen molar-refractivity contribution in [2.24, 2.45) is 0 Å². The van der Waals surface area contributed by atoms with Crippen molar-refractivity contribution in [3.63, 3.8) is 0 Å². The molecule has 0 aliphatic heterocycles. The van der Waals surface area contributed by atoms with Gasteiger partial charge in [0.2, 0.25) is 0 Å². The van der Waals surface area contributed by atoms with Gasteiger partial charge in [-0.25, -0.2) is 14.8 Å². The second-order valence-corrected chi connectivity index (χ2v) is 5.13. The summed E-state index contributed by atoms with van der Waals surface area (Å²) in [5.41, 5.74) is 0.451. The van der Waals surface area contributed by atoms with Gasteiger partial charge in [-0.3, -0.25) is 4.79 Å². The van der Waals surface area contributed by atoms with Crippen LogP contribution in [0.5, 0.6) is 0 Å². The van der Waals surface area contributed by atoms with Crippen LogP contribution in [0.1, 0.15) is 25.9 Å². The highest BCUT2D eigenvalue weighted by Gasteiger charge is 2.09. The zero-order chi connectivity index (χ0) is 14.5. The predicted molar refractivity (Wildman–Crippen MR) is 74.4 cm³/mol. The number of hydrogen-bond donors (Lipinski definition) is 2. The summed E-state index contributed by atoms with van der Waals surface area (Å²) in [5.74, 6) is -1.31. The fourth-order valence-corrected chi connectivity index (χ4v) is 2.40. The van der Waals surface area contributed by atoms with Crippen molar-refractivity contribution in [2.75, 3.05) is 6.54 Å². The molecular formula is C12H10ClN3O3S. The summed E-state index contributed by atoms with van der Waals surface area (Å²) in [6.45, 7) is 0.366. The first kappa shape index (κ1) is 14.4. The second-order valence-electron chi connectivity index (χ2n) is 3.80. The smallest absolute Gasteiger partial charge is 0.355 e. The number of thiazole rings is 1. The van der Waals surface area contributed by atoms with E-state index in [0.717, 1.165) is 0 Å². The van der Waals surface area contributed by atoms with Crippen molar-refractivity contribution < 1.29 is 14.7 Å². The molecule has 0 bridgehead atoms. The minimum atomic E-state index is -1.05. The van der Waals surface area contributed by atoms with Gasteiger partial charge in [0, 0.05) is 30.1 Å². The molecule has 104 valence electrons. The first-order valence-corrected chi connectivity index (χ1v) is 6.89. The molecular weight excluding hydrogens is 302 g/mol. The van der Waals surface area contributed by atoms with Crippen LogP contribution in [0.15, 0.2) is 23.7 Å². The van der Waals surface area contributed by atoms with Gasteiger partial charge >= 0.3 is 5.97 Å². The molecule has 20 heavy (non-hydrogen) atoms. The van der Waals surface area contributed by atoms with E-state index in [4.69, 9.17) is 16.7 Å². The molecule has 0 spiro atoms. The molecule has 0 saturated carbocycles. The van der Waals surface area contributed by atoms with Crippen LogP contribution in [0.25, 0.3) is 0 Å². The average molecular weight is 312 g/mol. The number of nitrogens with zero attached hydrogens (tertiary/aromatic N) is 2. The first-order chi connectivity index (χ1) is 9.56. The molecule has 0 aromatic carbocycles. The number of amides is 1. The van der Waals surface area contributed by atoms with Gasteiger partial charge in [0.25, 0.3) is 5.91 Å². The van der Waals surface area contributed by atoms with Crippen LogP contribution in [0.4, 0.5) is 0 Å². The van der Waals surface area contributed by atoms with E-state index in [1.807, 2.05) is 0 Å². The molecule has 0 aliphatic rings. The van der Waals surface area contributed by atoms with Gasteiger partial charge in [-0.15, -0.1) is 11.3 Å². The van der Waals surface area contributed by atoms with E-state index < -0.39 is 5.97 Å². The largest absolute Gasteiger partial charge is 0.476 e. The van der Waals surface area contributed by atoms with Gasteiger partial charge in [-0.2, -0.15) is 0 Å². The van der Waals surface area contributed by atoms with Crippen LogP contribution < -0.4 is 5.32 Å². The van der Waals surface area contributed by atoms with Crippen LogP contribution in [-0.4, -0.2) is 33.5 Å². The molecule has 0 fully saturated rings. The highest BCUT2D eigenvalue weighted by atomic mass is 35.5. The number of carboxylic acid groups (broad SMARTS) is 1. The summed E-state index contributed by atoms with van der Waals surface area (Å²) >= 11 is 6.95. The maximum Gasteiger partial charge on any atom is 0.355 e. The number of carbonyl (C=O) groups excluding carboxylic acids is 1. The van der Waals surface area contributed by atoms with Gasteiger partial charge in [-0.05, 0) is 12.1 Å². The number of halogens is 1. The Morgan fingerprint density at radius 3 is 2.90 bits per heavy atom. The summed E-state index contributed by atoms with van der Waals surface area (Å²) < 4.78 is 0. The Balaban J connectivity index is 1.86. The Bertz CT molecular complexity index is 644. The van der Waals surface area contributed by atoms with E-state index >= 15 is 0 Å². The van der Waals surface area contributed by atoms with E-state index in [0.29, 0.717) is 23.5 Å². The van der Waals surface area contributed by atoms with Crippen LogP contribution >= 0.6 is 22.9 Å². The quantitative estimate of drug-likeness (QED) is 0.822. The lowest BCUT2D eigenvalue weighted by Gasteiger charge is -2.03. The van der Waals surface area contributed by atoms with Gasteiger partial charge in [-0.1, -0.05) is 11.6 Å². The van der Waals surface area contributed by atoms with E-state index in [1.165, 1.54) is 29.0 Å². The molecule has 2 heterocycles. The van der Waals surface area contributed by atoms with E-state index in [-0.39, 0.29) is 16.8 Å². The van der Waals surface area contributed by atoms with E-state index in [2.05, 4.69) is 15.3 Å². The molecule has 8 heteroatoms.